The Balaban J connectivity index is 2.67. The van der Waals surface area contributed by atoms with Gasteiger partial charge in [-0.15, -0.1) is 11.6 Å². The molecule has 0 spiro atoms. The summed E-state index contributed by atoms with van der Waals surface area (Å²) in [5.41, 5.74) is 0.623. The van der Waals surface area contributed by atoms with Crippen LogP contribution in [-0.4, -0.2) is 22.8 Å². The van der Waals surface area contributed by atoms with Gasteiger partial charge in [-0.25, -0.2) is 0 Å². The van der Waals surface area contributed by atoms with Crippen molar-refractivity contribution in [2.24, 2.45) is 0 Å². The van der Waals surface area contributed by atoms with Crippen LogP contribution in [-0.2, 0) is 0 Å². The lowest BCUT2D eigenvalue weighted by Gasteiger charge is -2.12. The van der Waals surface area contributed by atoms with E-state index in [0.29, 0.717) is 5.88 Å². The summed E-state index contributed by atoms with van der Waals surface area (Å²) < 4.78 is 0. The van der Waals surface area contributed by atoms with E-state index in [1.165, 1.54) is 12.3 Å². The van der Waals surface area contributed by atoms with Crippen LogP contribution in [0.25, 0.3) is 0 Å². The molecule has 0 bridgehead atoms. The summed E-state index contributed by atoms with van der Waals surface area (Å²) in [6, 6.07) is 1.43. The molecule has 4 nitrogen and oxygen atoms in total. The van der Waals surface area contributed by atoms with Crippen LogP contribution in [0.4, 0.5) is 0 Å². The first-order valence-electron chi connectivity index (χ1n) is 5.60. The molecule has 0 aliphatic heterocycles. The third kappa shape index (κ3) is 4.23. The molecule has 0 aliphatic carbocycles. The zero-order valence-electron chi connectivity index (χ0n) is 10.0. The summed E-state index contributed by atoms with van der Waals surface area (Å²) in [5.74, 6) is 0.235. The van der Waals surface area contributed by atoms with Crippen molar-refractivity contribution in [3.8, 4) is 0 Å². The van der Waals surface area contributed by atoms with Crippen molar-refractivity contribution in [2.75, 3.05) is 5.88 Å². The molecule has 1 amide bonds. The highest BCUT2D eigenvalue weighted by molar-refractivity contribution is 6.17. The highest BCUT2D eigenvalue weighted by Crippen LogP contribution is 2.00. The second-order valence-corrected chi connectivity index (χ2v) is 4.48. The molecule has 0 saturated carbocycles. The molecule has 5 heteroatoms. The largest absolute Gasteiger partial charge is 0.364 e. The normalized spacial score (nSPS) is 12.2. The average molecular weight is 257 g/mol. The molecule has 0 aromatic carbocycles. The first-order chi connectivity index (χ1) is 8.04. The molecule has 1 heterocycles. The SMILES string of the molecule is Cc1cc(=O)c(C(=O)NC(C)CCCCl)c[nH]1. The molecule has 0 aliphatic rings. The molecule has 2 N–H and O–H groups in total. The maximum Gasteiger partial charge on any atom is 0.256 e. The number of carbonyl (C=O) groups is 1. The number of carbonyl (C=O) groups excluding carboxylic acids is 1. The molecule has 1 atom stereocenters. The molecule has 94 valence electrons. The van der Waals surface area contributed by atoms with Gasteiger partial charge in [-0.1, -0.05) is 0 Å². The number of halogens is 1. The Morgan fingerprint density at radius 1 is 1.59 bits per heavy atom. The summed E-state index contributed by atoms with van der Waals surface area (Å²) in [7, 11) is 0. The van der Waals surface area contributed by atoms with Crippen LogP contribution in [0.2, 0.25) is 0 Å². The van der Waals surface area contributed by atoms with Gasteiger partial charge in [-0.2, -0.15) is 0 Å². The van der Waals surface area contributed by atoms with Crippen LogP contribution in [0.5, 0.6) is 0 Å². The minimum atomic E-state index is -0.340. The van der Waals surface area contributed by atoms with E-state index in [-0.39, 0.29) is 22.9 Å². The predicted molar refractivity (Wildman–Crippen MR) is 68.7 cm³/mol. The van der Waals surface area contributed by atoms with E-state index in [1.807, 2.05) is 6.92 Å². The molecule has 0 fully saturated rings. The quantitative estimate of drug-likeness (QED) is 0.790. The van der Waals surface area contributed by atoms with Gasteiger partial charge in [0.25, 0.3) is 5.91 Å². The number of nitrogens with one attached hydrogen (secondary N) is 2. The van der Waals surface area contributed by atoms with Gasteiger partial charge in [0, 0.05) is 29.9 Å². The van der Waals surface area contributed by atoms with Crippen molar-refractivity contribution in [3.63, 3.8) is 0 Å². The number of amides is 1. The minimum absolute atomic E-state index is 0.0157. The van der Waals surface area contributed by atoms with E-state index in [9.17, 15) is 9.59 Å². The van der Waals surface area contributed by atoms with Crippen LogP contribution >= 0.6 is 11.6 Å². The van der Waals surface area contributed by atoms with Gasteiger partial charge in [0.1, 0.15) is 5.56 Å². The van der Waals surface area contributed by atoms with Crippen molar-refractivity contribution in [1.29, 1.82) is 0 Å². The Morgan fingerprint density at radius 3 is 2.88 bits per heavy atom. The van der Waals surface area contributed by atoms with E-state index in [0.717, 1.165) is 18.5 Å². The number of aromatic nitrogens is 1. The molecule has 17 heavy (non-hydrogen) atoms. The van der Waals surface area contributed by atoms with Crippen LogP contribution in [0.3, 0.4) is 0 Å². The summed E-state index contributed by atoms with van der Waals surface area (Å²) in [4.78, 5) is 26.2. The first kappa shape index (κ1) is 13.8. The van der Waals surface area contributed by atoms with Gasteiger partial charge >= 0.3 is 0 Å². The standard InChI is InChI=1S/C12H17ClN2O2/c1-8(4-3-5-13)15-12(17)10-7-14-9(2)6-11(10)16/h6-8H,3-5H2,1-2H3,(H,14,16)(H,15,17). The number of H-pyrrole nitrogens is 1. The lowest BCUT2D eigenvalue weighted by atomic mass is 10.1. The van der Waals surface area contributed by atoms with Crippen LogP contribution in [0, 0.1) is 6.92 Å². The summed E-state index contributed by atoms with van der Waals surface area (Å²) in [5, 5.41) is 2.77. The lowest BCUT2D eigenvalue weighted by molar-refractivity contribution is 0.0937. The van der Waals surface area contributed by atoms with Crippen molar-refractivity contribution in [2.45, 2.75) is 32.7 Å². The van der Waals surface area contributed by atoms with Gasteiger partial charge in [-0.05, 0) is 26.7 Å². The smallest absolute Gasteiger partial charge is 0.256 e. The zero-order chi connectivity index (χ0) is 12.8. The summed E-state index contributed by atoms with van der Waals surface area (Å²) in [6.07, 6.45) is 3.09. The predicted octanol–water partition coefficient (Wildman–Crippen LogP) is 1.82. The highest BCUT2D eigenvalue weighted by atomic mass is 35.5. The van der Waals surface area contributed by atoms with Crippen molar-refractivity contribution < 1.29 is 4.79 Å². The van der Waals surface area contributed by atoms with Gasteiger partial charge < -0.3 is 10.3 Å². The number of pyridine rings is 1. The number of hydrogen-bond acceptors (Lipinski definition) is 2. The monoisotopic (exact) mass is 256 g/mol. The third-order valence-corrected chi connectivity index (χ3v) is 2.72. The van der Waals surface area contributed by atoms with E-state index in [2.05, 4.69) is 10.3 Å². The lowest BCUT2D eigenvalue weighted by Crippen LogP contribution is -2.35. The maximum atomic E-state index is 11.8. The van der Waals surface area contributed by atoms with Gasteiger partial charge in [-0.3, -0.25) is 9.59 Å². The van der Waals surface area contributed by atoms with E-state index < -0.39 is 0 Å². The first-order valence-corrected chi connectivity index (χ1v) is 6.14. The fraction of sp³-hybridized carbons (Fsp3) is 0.500. The number of alkyl halides is 1. The average Bonchev–Trinajstić information content (AvgIpc) is 2.26. The second kappa shape index (κ2) is 6.45. The zero-order valence-corrected chi connectivity index (χ0v) is 10.8. The Kier molecular flexibility index (Phi) is 5.22. The van der Waals surface area contributed by atoms with Crippen LogP contribution < -0.4 is 10.7 Å². The Morgan fingerprint density at radius 2 is 2.29 bits per heavy atom. The fourth-order valence-electron chi connectivity index (χ4n) is 1.51. The molecular formula is C12H17ClN2O2. The summed E-state index contributed by atoms with van der Waals surface area (Å²) in [6.45, 7) is 3.67. The summed E-state index contributed by atoms with van der Waals surface area (Å²) >= 11 is 5.57. The fourth-order valence-corrected chi connectivity index (χ4v) is 1.66. The highest BCUT2D eigenvalue weighted by Gasteiger charge is 2.12. The van der Waals surface area contributed by atoms with E-state index >= 15 is 0 Å². The number of aromatic amines is 1. The van der Waals surface area contributed by atoms with Crippen molar-refractivity contribution in [3.05, 3.63) is 33.7 Å². The Labute approximate surface area is 105 Å². The molecular weight excluding hydrogens is 240 g/mol. The number of hydrogen-bond donors (Lipinski definition) is 2. The van der Waals surface area contributed by atoms with Crippen molar-refractivity contribution in [1.82, 2.24) is 10.3 Å². The Hall–Kier alpha value is -1.29. The molecule has 0 saturated heterocycles. The van der Waals surface area contributed by atoms with E-state index in [4.69, 9.17) is 11.6 Å². The maximum absolute atomic E-state index is 11.8. The number of rotatable bonds is 5. The molecule has 0 radical (unpaired) electrons. The van der Waals surface area contributed by atoms with E-state index in [1.54, 1.807) is 6.92 Å². The molecule has 1 aromatic heterocycles. The molecule has 1 unspecified atom stereocenters. The van der Waals surface area contributed by atoms with Gasteiger partial charge in [0.05, 0.1) is 0 Å². The van der Waals surface area contributed by atoms with Crippen molar-refractivity contribution >= 4 is 17.5 Å². The number of aryl methyl sites for hydroxylation is 1. The Bertz CT molecular complexity index is 442. The van der Waals surface area contributed by atoms with Crippen LogP contribution in [0.1, 0.15) is 35.8 Å². The second-order valence-electron chi connectivity index (χ2n) is 4.10. The van der Waals surface area contributed by atoms with Gasteiger partial charge in [0.15, 0.2) is 5.43 Å². The molecule has 1 aromatic rings. The topological polar surface area (TPSA) is 62.0 Å². The van der Waals surface area contributed by atoms with Gasteiger partial charge in [0.2, 0.25) is 0 Å². The molecule has 1 rings (SSSR count). The minimum Gasteiger partial charge on any atom is -0.364 e. The van der Waals surface area contributed by atoms with Crippen LogP contribution in [0.15, 0.2) is 17.1 Å². The third-order valence-electron chi connectivity index (χ3n) is 2.45.